The highest BCUT2D eigenvalue weighted by atomic mass is 16.1. The number of nitrogens with one attached hydrogen (secondary N) is 1. The van der Waals surface area contributed by atoms with Gasteiger partial charge in [0.05, 0.1) is 5.69 Å². The minimum Gasteiger partial charge on any atom is -0.342 e. The van der Waals surface area contributed by atoms with Crippen molar-refractivity contribution in [3.63, 3.8) is 0 Å². The Morgan fingerprint density at radius 2 is 2.06 bits per heavy atom. The third-order valence-electron chi connectivity index (χ3n) is 4.24. The molecule has 98 valence electrons. The molecule has 1 aromatic heterocycles. The number of carbonyl (C=O) groups excluding carboxylic acids is 1. The molecule has 0 atom stereocenters. The first-order valence-corrected chi connectivity index (χ1v) is 7.25. The van der Waals surface area contributed by atoms with Gasteiger partial charge >= 0.3 is 0 Å². The predicted octanol–water partition coefficient (Wildman–Crippen LogP) is 2.79. The first-order valence-electron chi connectivity index (χ1n) is 7.25. The van der Waals surface area contributed by atoms with Gasteiger partial charge in [0, 0.05) is 18.7 Å². The highest BCUT2D eigenvalue weighted by Gasteiger charge is 2.24. The zero-order valence-corrected chi connectivity index (χ0v) is 10.9. The Kier molecular flexibility index (Phi) is 3.50. The van der Waals surface area contributed by atoms with E-state index in [9.17, 15) is 4.79 Å². The van der Waals surface area contributed by atoms with E-state index in [0.717, 1.165) is 50.4 Å². The van der Waals surface area contributed by atoms with Crippen molar-refractivity contribution in [2.75, 3.05) is 13.1 Å². The normalized spacial score (nSPS) is 21.1. The van der Waals surface area contributed by atoms with Gasteiger partial charge in [0.25, 0.3) is 0 Å². The molecule has 1 aliphatic heterocycles. The summed E-state index contributed by atoms with van der Waals surface area (Å²) in [7, 11) is 0. The molecule has 3 nitrogen and oxygen atoms in total. The van der Waals surface area contributed by atoms with Crippen molar-refractivity contribution >= 4 is 5.78 Å². The van der Waals surface area contributed by atoms with Crippen LogP contribution in [0.25, 0.3) is 0 Å². The van der Waals surface area contributed by atoms with E-state index in [1.165, 1.54) is 12.8 Å². The van der Waals surface area contributed by atoms with Crippen LogP contribution in [0.1, 0.15) is 55.1 Å². The fourth-order valence-electron chi connectivity index (χ4n) is 2.90. The van der Waals surface area contributed by atoms with Crippen LogP contribution in [-0.4, -0.2) is 23.4 Å². The number of hydrogen-bond donors (Lipinski definition) is 1. The van der Waals surface area contributed by atoms with E-state index in [1.54, 1.807) is 0 Å². The summed E-state index contributed by atoms with van der Waals surface area (Å²) in [6, 6.07) is 4.53. The number of hydrogen-bond acceptors (Lipinski definition) is 2. The van der Waals surface area contributed by atoms with E-state index < -0.39 is 0 Å². The van der Waals surface area contributed by atoms with Crippen LogP contribution in [0.2, 0.25) is 0 Å². The zero-order valence-electron chi connectivity index (χ0n) is 10.9. The molecule has 1 N–H and O–H groups in total. The Hall–Kier alpha value is -1.09. The van der Waals surface area contributed by atoms with Gasteiger partial charge in [-0.05, 0) is 50.4 Å². The van der Waals surface area contributed by atoms with Gasteiger partial charge in [-0.25, -0.2) is 0 Å². The van der Waals surface area contributed by atoms with Crippen LogP contribution in [0.3, 0.4) is 0 Å². The number of Topliss-reactive ketones (excluding diaryl/α,β-unsaturated/α-hetero) is 1. The van der Waals surface area contributed by atoms with Crippen LogP contribution in [0.5, 0.6) is 0 Å². The van der Waals surface area contributed by atoms with Crippen molar-refractivity contribution in [2.45, 2.75) is 44.6 Å². The summed E-state index contributed by atoms with van der Waals surface area (Å²) in [5.41, 5.74) is 0.933. The van der Waals surface area contributed by atoms with E-state index in [4.69, 9.17) is 0 Å². The maximum absolute atomic E-state index is 12.3. The van der Waals surface area contributed by atoms with Gasteiger partial charge in [0.1, 0.15) is 0 Å². The van der Waals surface area contributed by atoms with E-state index in [2.05, 4.69) is 16.1 Å². The molecule has 2 heterocycles. The molecule has 0 unspecified atom stereocenters. The molecule has 1 saturated carbocycles. The van der Waals surface area contributed by atoms with Gasteiger partial charge in [-0.3, -0.25) is 4.79 Å². The molecule has 18 heavy (non-hydrogen) atoms. The molecule has 2 aliphatic rings. The number of nitrogens with zero attached hydrogens (tertiary/aromatic N) is 1. The molecule has 2 fully saturated rings. The van der Waals surface area contributed by atoms with Crippen molar-refractivity contribution in [3.8, 4) is 0 Å². The molecule has 3 heteroatoms. The van der Waals surface area contributed by atoms with Crippen molar-refractivity contribution in [3.05, 3.63) is 24.0 Å². The van der Waals surface area contributed by atoms with Gasteiger partial charge in [0.2, 0.25) is 0 Å². The Labute approximate surface area is 109 Å². The fourth-order valence-corrected chi connectivity index (χ4v) is 2.90. The summed E-state index contributed by atoms with van der Waals surface area (Å²) in [4.78, 5) is 12.3. The van der Waals surface area contributed by atoms with Crippen molar-refractivity contribution < 1.29 is 4.79 Å². The van der Waals surface area contributed by atoms with Crippen molar-refractivity contribution in [2.24, 2.45) is 5.92 Å². The molecule has 3 rings (SSSR count). The summed E-state index contributed by atoms with van der Waals surface area (Å²) in [5, 5.41) is 3.38. The standard InChI is InChI=1S/C15H22N2O/c18-15(6-5-12-3-4-12)14-2-1-11-17(14)13-7-9-16-10-8-13/h1-2,11-13,16H,3-10H2. The van der Waals surface area contributed by atoms with Crippen molar-refractivity contribution in [1.29, 1.82) is 0 Å². The third kappa shape index (κ3) is 2.66. The summed E-state index contributed by atoms with van der Waals surface area (Å²) < 4.78 is 2.22. The lowest BCUT2D eigenvalue weighted by Gasteiger charge is -2.25. The Morgan fingerprint density at radius 3 is 2.78 bits per heavy atom. The maximum atomic E-state index is 12.3. The predicted molar refractivity (Wildman–Crippen MR) is 71.9 cm³/mol. The third-order valence-corrected chi connectivity index (χ3v) is 4.24. The second-order valence-corrected chi connectivity index (χ2v) is 5.69. The second kappa shape index (κ2) is 5.27. The van der Waals surface area contributed by atoms with Crippen LogP contribution in [0, 0.1) is 5.92 Å². The number of rotatable bonds is 5. The molecule has 1 saturated heterocycles. The lowest BCUT2D eigenvalue weighted by molar-refractivity contribution is 0.0965. The lowest BCUT2D eigenvalue weighted by Crippen LogP contribution is -2.30. The lowest BCUT2D eigenvalue weighted by atomic mass is 10.0. The monoisotopic (exact) mass is 246 g/mol. The van der Waals surface area contributed by atoms with Crippen LogP contribution in [-0.2, 0) is 0 Å². The first kappa shape index (κ1) is 12.0. The molecule has 1 aliphatic carbocycles. The Bertz CT molecular complexity index is 414. The average molecular weight is 246 g/mol. The topological polar surface area (TPSA) is 34.0 Å². The zero-order chi connectivity index (χ0) is 12.4. The molecular weight excluding hydrogens is 224 g/mol. The first-order chi connectivity index (χ1) is 8.84. The van der Waals surface area contributed by atoms with E-state index >= 15 is 0 Å². The Balaban J connectivity index is 1.66. The van der Waals surface area contributed by atoms with Crippen LogP contribution in [0.4, 0.5) is 0 Å². The smallest absolute Gasteiger partial charge is 0.179 e. The minimum absolute atomic E-state index is 0.338. The highest BCUT2D eigenvalue weighted by molar-refractivity contribution is 5.94. The van der Waals surface area contributed by atoms with E-state index in [1.807, 2.05) is 12.1 Å². The summed E-state index contributed by atoms with van der Waals surface area (Å²) in [6.07, 6.45) is 8.86. The molecular formula is C15H22N2O. The average Bonchev–Trinajstić information content (AvgIpc) is 3.11. The largest absolute Gasteiger partial charge is 0.342 e. The van der Waals surface area contributed by atoms with Crippen LogP contribution in [0.15, 0.2) is 18.3 Å². The molecule has 0 bridgehead atoms. The van der Waals surface area contributed by atoms with E-state index in [-0.39, 0.29) is 0 Å². The number of piperidine rings is 1. The van der Waals surface area contributed by atoms with Gasteiger partial charge in [-0.2, -0.15) is 0 Å². The number of ketones is 1. The molecule has 0 spiro atoms. The maximum Gasteiger partial charge on any atom is 0.179 e. The van der Waals surface area contributed by atoms with E-state index in [0.29, 0.717) is 11.8 Å². The summed E-state index contributed by atoms with van der Waals surface area (Å²) in [6.45, 7) is 2.14. The molecule has 1 aromatic rings. The van der Waals surface area contributed by atoms with Gasteiger partial charge in [0.15, 0.2) is 5.78 Å². The fraction of sp³-hybridized carbons (Fsp3) is 0.667. The van der Waals surface area contributed by atoms with Crippen molar-refractivity contribution in [1.82, 2.24) is 9.88 Å². The summed E-state index contributed by atoms with van der Waals surface area (Å²) in [5.74, 6) is 1.18. The molecule has 0 radical (unpaired) electrons. The molecule has 0 aromatic carbocycles. The highest BCUT2D eigenvalue weighted by Crippen LogP contribution is 2.34. The summed E-state index contributed by atoms with van der Waals surface area (Å²) >= 11 is 0. The van der Waals surface area contributed by atoms with Gasteiger partial charge < -0.3 is 9.88 Å². The second-order valence-electron chi connectivity index (χ2n) is 5.69. The Morgan fingerprint density at radius 1 is 1.28 bits per heavy atom. The van der Waals surface area contributed by atoms with Crippen LogP contribution < -0.4 is 5.32 Å². The SMILES string of the molecule is O=C(CCC1CC1)c1cccn1C1CCNCC1. The van der Waals surface area contributed by atoms with Gasteiger partial charge in [-0.1, -0.05) is 12.8 Å². The molecule has 0 amide bonds. The van der Waals surface area contributed by atoms with Crippen LogP contribution >= 0.6 is 0 Å². The number of aromatic nitrogens is 1. The minimum atomic E-state index is 0.338. The number of carbonyl (C=O) groups is 1. The quantitative estimate of drug-likeness (QED) is 0.811. The van der Waals surface area contributed by atoms with Gasteiger partial charge in [-0.15, -0.1) is 0 Å².